The van der Waals surface area contributed by atoms with Crippen molar-refractivity contribution in [2.45, 2.75) is 19.8 Å². The van der Waals surface area contributed by atoms with Crippen molar-refractivity contribution in [3.05, 3.63) is 48.7 Å². The number of nitrogens with one attached hydrogen (secondary N) is 1. The summed E-state index contributed by atoms with van der Waals surface area (Å²) in [6, 6.07) is 4.33. The largest absolute Gasteiger partial charge is 0.306 e. The van der Waals surface area contributed by atoms with E-state index < -0.39 is 5.82 Å². The average molecular weight is 393 g/mol. The van der Waals surface area contributed by atoms with Gasteiger partial charge in [0.25, 0.3) is 5.56 Å². The molecule has 0 unspecified atom stereocenters. The highest BCUT2D eigenvalue weighted by Gasteiger charge is 2.13. The third-order valence-corrected chi connectivity index (χ3v) is 3.98. The summed E-state index contributed by atoms with van der Waals surface area (Å²) in [7, 11) is 0. The van der Waals surface area contributed by atoms with Gasteiger partial charge in [-0.25, -0.2) is 9.37 Å². The number of benzene rings is 1. The van der Waals surface area contributed by atoms with Crippen molar-refractivity contribution >= 4 is 34.2 Å². The Morgan fingerprint density at radius 2 is 2.11 bits per heavy atom. The van der Waals surface area contributed by atoms with Gasteiger partial charge in [0.2, 0.25) is 0 Å². The van der Waals surface area contributed by atoms with Crippen molar-refractivity contribution < 1.29 is 4.39 Å². The molecule has 0 aliphatic heterocycles. The van der Waals surface area contributed by atoms with Gasteiger partial charge in [0, 0.05) is 5.56 Å². The molecular weight excluding hydrogens is 382 g/mol. The maximum Gasteiger partial charge on any atom is 0.264 e. The number of halogens is 3. The molecule has 0 aliphatic rings. The molecule has 1 heterocycles. The minimum absolute atomic E-state index is 0.0423. The average Bonchev–Trinajstić information content (AvgIpc) is 2.35. The predicted octanol–water partition coefficient (Wildman–Crippen LogP) is 3.96. The van der Waals surface area contributed by atoms with Crippen LogP contribution in [-0.4, -0.2) is 9.97 Å². The van der Waals surface area contributed by atoms with Gasteiger partial charge in [0.05, 0.1) is 14.3 Å². The number of aromatic nitrogens is 2. The van der Waals surface area contributed by atoms with E-state index in [2.05, 4.69) is 9.97 Å². The Hall–Kier alpha value is -0.950. The van der Waals surface area contributed by atoms with Crippen LogP contribution in [0.15, 0.2) is 23.0 Å². The van der Waals surface area contributed by atoms with Gasteiger partial charge in [-0.05, 0) is 46.7 Å². The fraction of sp³-hybridized carbons (Fsp3) is 0.231. The Morgan fingerprint density at radius 1 is 1.42 bits per heavy atom. The molecule has 3 nitrogen and oxygen atoms in total. The van der Waals surface area contributed by atoms with Gasteiger partial charge in [-0.2, -0.15) is 0 Å². The molecule has 0 atom stereocenters. The van der Waals surface area contributed by atoms with Gasteiger partial charge in [0.15, 0.2) is 0 Å². The van der Waals surface area contributed by atoms with Crippen LogP contribution in [0, 0.1) is 9.39 Å². The highest BCUT2D eigenvalue weighted by molar-refractivity contribution is 14.1. The zero-order valence-electron chi connectivity index (χ0n) is 10.3. The first-order valence-electron chi connectivity index (χ1n) is 5.65. The summed E-state index contributed by atoms with van der Waals surface area (Å²) in [6.45, 7) is 3.91. The molecule has 2 rings (SSSR count). The molecule has 1 N–H and O–H groups in total. The van der Waals surface area contributed by atoms with E-state index in [4.69, 9.17) is 11.6 Å². The van der Waals surface area contributed by atoms with Crippen molar-refractivity contribution in [1.82, 2.24) is 9.97 Å². The quantitative estimate of drug-likeness (QED) is 0.787. The topological polar surface area (TPSA) is 45.8 Å². The van der Waals surface area contributed by atoms with E-state index in [9.17, 15) is 9.18 Å². The lowest BCUT2D eigenvalue weighted by Gasteiger charge is -2.09. The monoisotopic (exact) mass is 392 g/mol. The summed E-state index contributed by atoms with van der Waals surface area (Å²) in [5.74, 6) is -0.0683. The second-order valence-electron chi connectivity index (χ2n) is 4.40. The summed E-state index contributed by atoms with van der Waals surface area (Å²) in [4.78, 5) is 18.9. The van der Waals surface area contributed by atoms with Crippen molar-refractivity contribution in [3.63, 3.8) is 0 Å². The zero-order chi connectivity index (χ0) is 14.2. The van der Waals surface area contributed by atoms with E-state index in [0.29, 0.717) is 20.7 Å². The first kappa shape index (κ1) is 14.5. The Kier molecular flexibility index (Phi) is 4.25. The lowest BCUT2D eigenvalue weighted by Crippen LogP contribution is -2.17. The maximum absolute atomic E-state index is 13.5. The molecule has 0 amide bonds. The Morgan fingerprint density at radius 3 is 2.68 bits per heavy atom. The van der Waals surface area contributed by atoms with Crippen LogP contribution in [-0.2, 0) is 0 Å². The number of nitrogens with zero attached hydrogens (tertiary/aromatic N) is 1. The summed E-state index contributed by atoms with van der Waals surface area (Å²) in [5, 5.41) is 0.0423. The Bertz CT molecular complexity index is 685. The second kappa shape index (κ2) is 5.58. The Labute approximate surface area is 128 Å². The fourth-order valence-electron chi connectivity index (χ4n) is 1.64. The molecule has 19 heavy (non-hydrogen) atoms. The van der Waals surface area contributed by atoms with E-state index in [1.165, 1.54) is 12.1 Å². The predicted molar refractivity (Wildman–Crippen MR) is 82.1 cm³/mol. The summed E-state index contributed by atoms with van der Waals surface area (Å²) in [6.07, 6.45) is 0. The molecule has 1 aromatic carbocycles. The van der Waals surface area contributed by atoms with E-state index in [0.717, 1.165) is 0 Å². The number of hydrogen-bond acceptors (Lipinski definition) is 2. The normalized spacial score (nSPS) is 11.1. The van der Waals surface area contributed by atoms with Gasteiger partial charge in [-0.1, -0.05) is 25.4 Å². The van der Waals surface area contributed by atoms with Crippen LogP contribution < -0.4 is 5.56 Å². The number of hydrogen-bond donors (Lipinski definition) is 1. The van der Waals surface area contributed by atoms with Crippen LogP contribution in [0.3, 0.4) is 0 Å². The van der Waals surface area contributed by atoms with E-state index >= 15 is 0 Å². The number of H-pyrrole nitrogens is 1. The molecule has 0 aliphatic carbocycles. The van der Waals surface area contributed by atoms with Crippen molar-refractivity contribution in [3.8, 4) is 11.4 Å². The van der Waals surface area contributed by atoms with Crippen LogP contribution in [0.2, 0.25) is 5.02 Å². The lowest BCUT2D eigenvalue weighted by atomic mass is 10.1. The smallest absolute Gasteiger partial charge is 0.264 e. The highest BCUT2D eigenvalue weighted by Crippen LogP contribution is 2.23. The molecule has 100 valence electrons. The minimum atomic E-state index is -0.536. The Balaban J connectivity index is 2.63. The number of rotatable bonds is 2. The first-order valence-corrected chi connectivity index (χ1v) is 7.11. The molecule has 0 spiro atoms. The second-order valence-corrected chi connectivity index (χ2v) is 5.88. The summed E-state index contributed by atoms with van der Waals surface area (Å²) >= 11 is 7.60. The maximum atomic E-state index is 13.5. The summed E-state index contributed by atoms with van der Waals surface area (Å²) < 4.78 is 14.0. The van der Waals surface area contributed by atoms with Gasteiger partial charge in [0.1, 0.15) is 11.6 Å². The van der Waals surface area contributed by atoms with Gasteiger partial charge in [-0.15, -0.1) is 0 Å². The van der Waals surface area contributed by atoms with Crippen LogP contribution >= 0.6 is 34.2 Å². The molecule has 0 bridgehead atoms. The lowest BCUT2D eigenvalue weighted by molar-refractivity contribution is 0.628. The third kappa shape index (κ3) is 2.97. The zero-order valence-corrected chi connectivity index (χ0v) is 13.2. The van der Waals surface area contributed by atoms with E-state index in [1.807, 2.05) is 36.4 Å². The van der Waals surface area contributed by atoms with Crippen molar-refractivity contribution in [2.75, 3.05) is 0 Å². The molecule has 6 heteroatoms. The standard InChI is InChI=1S/C13H11ClFIN2O/c1-6(2)11-10(16)13(19)18-12(17-11)7-3-4-8(14)9(15)5-7/h3-6H,1-2H3,(H,17,18,19). The first-order chi connectivity index (χ1) is 8.90. The molecule has 2 aromatic rings. The van der Waals surface area contributed by atoms with Gasteiger partial charge in [-0.3, -0.25) is 4.79 Å². The minimum Gasteiger partial charge on any atom is -0.306 e. The summed E-state index contributed by atoms with van der Waals surface area (Å²) in [5.41, 5.74) is 0.983. The molecule has 1 aromatic heterocycles. The van der Waals surface area contributed by atoms with Crippen molar-refractivity contribution in [1.29, 1.82) is 0 Å². The van der Waals surface area contributed by atoms with Crippen molar-refractivity contribution in [2.24, 2.45) is 0 Å². The molecular formula is C13H11ClFIN2O. The molecule has 0 radical (unpaired) electrons. The fourth-order valence-corrected chi connectivity index (χ4v) is 2.63. The van der Waals surface area contributed by atoms with E-state index in [-0.39, 0.29) is 16.5 Å². The van der Waals surface area contributed by atoms with Gasteiger partial charge < -0.3 is 4.98 Å². The van der Waals surface area contributed by atoms with Crippen LogP contribution in [0.25, 0.3) is 11.4 Å². The third-order valence-electron chi connectivity index (χ3n) is 2.63. The SMILES string of the molecule is CC(C)c1nc(-c2ccc(Cl)c(F)c2)[nH]c(=O)c1I. The highest BCUT2D eigenvalue weighted by atomic mass is 127. The molecule has 0 saturated carbocycles. The van der Waals surface area contributed by atoms with Gasteiger partial charge >= 0.3 is 0 Å². The van der Waals surface area contributed by atoms with Crippen LogP contribution in [0.4, 0.5) is 4.39 Å². The van der Waals surface area contributed by atoms with E-state index in [1.54, 1.807) is 6.07 Å². The van der Waals surface area contributed by atoms with Crippen LogP contribution in [0.5, 0.6) is 0 Å². The molecule has 0 saturated heterocycles. The van der Waals surface area contributed by atoms with Crippen LogP contribution in [0.1, 0.15) is 25.5 Å². The molecule has 0 fully saturated rings. The number of aromatic amines is 1.